The van der Waals surface area contributed by atoms with Gasteiger partial charge in [0.1, 0.15) is 6.04 Å². The van der Waals surface area contributed by atoms with Crippen molar-refractivity contribution < 1.29 is 19.1 Å². The van der Waals surface area contributed by atoms with E-state index >= 15 is 0 Å². The SMILES string of the molecule is COC(=O)/C=C/N1CCOCC1C(N)=O. The van der Waals surface area contributed by atoms with E-state index in [1.54, 1.807) is 4.90 Å². The summed E-state index contributed by atoms with van der Waals surface area (Å²) in [6.07, 6.45) is 2.76. The predicted octanol–water partition coefficient (Wildman–Crippen LogP) is -1.14. The van der Waals surface area contributed by atoms with Crippen molar-refractivity contribution in [1.82, 2.24) is 4.90 Å². The number of carbonyl (C=O) groups excluding carboxylic acids is 2. The van der Waals surface area contributed by atoms with Crippen LogP contribution >= 0.6 is 0 Å². The lowest BCUT2D eigenvalue weighted by atomic mass is 10.2. The number of ether oxygens (including phenoxy) is 2. The van der Waals surface area contributed by atoms with Crippen LogP contribution in [0.2, 0.25) is 0 Å². The van der Waals surface area contributed by atoms with Crippen molar-refractivity contribution >= 4 is 11.9 Å². The number of rotatable bonds is 3. The third kappa shape index (κ3) is 3.25. The van der Waals surface area contributed by atoms with Crippen LogP contribution in [0.3, 0.4) is 0 Å². The molecule has 0 spiro atoms. The largest absolute Gasteiger partial charge is 0.466 e. The maximum Gasteiger partial charge on any atom is 0.331 e. The van der Waals surface area contributed by atoms with E-state index in [1.807, 2.05) is 0 Å². The van der Waals surface area contributed by atoms with Crippen LogP contribution in [0.15, 0.2) is 12.3 Å². The van der Waals surface area contributed by atoms with Crippen LogP contribution in [-0.2, 0) is 19.1 Å². The third-order valence-corrected chi connectivity index (χ3v) is 2.10. The smallest absolute Gasteiger partial charge is 0.331 e. The van der Waals surface area contributed by atoms with Gasteiger partial charge < -0.3 is 20.1 Å². The highest BCUT2D eigenvalue weighted by Crippen LogP contribution is 2.06. The number of methoxy groups -OCH3 is 1. The molecule has 2 N–H and O–H groups in total. The highest BCUT2D eigenvalue weighted by molar-refractivity contribution is 5.82. The Bertz CT molecular complexity index is 277. The minimum atomic E-state index is -0.514. The fourth-order valence-electron chi connectivity index (χ4n) is 1.27. The molecule has 1 saturated heterocycles. The van der Waals surface area contributed by atoms with E-state index in [2.05, 4.69) is 4.74 Å². The lowest BCUT2D eigenvalue weighted by Crippen LogP contribution is -2.49. The fourth-order valence-corrected chi connectivity index (χ4v) is 1.27. The molecule has 0 aromatic carbocycles. The molecule has 1 rings (SSSR count). The Balaban J connectivity index is 2.60. The zero-order valence-electron chi connectivity index (χ0n) is 8.51. The zero-order chi connectivity index (χ0) is 11.3. The van der Waals surface area contributed by atoms with Gasteiger partial charge in [-0.05, 0) is 0 Å². The van der Waals surface area contributed by atoms with E-state index < -0.39 is 17.9 Å². The molecule has 1 atom stereocenters. The summed E-state index contributed by atoms with van der Waals surface area (Å²) < 4.78 is 9.55. The molecular weight excluding hydrogens is 200 g/mol. The molecule has 15 heavy (non-hydrogen) atoms. The predicted molar refractivity (Wildman–Crippen MR) is 51.7 cm³/mol. The van der Waals surface area contributed by atoms with Gasteiger partial charge in [0.25, 0.3) is 0 Å². The Morgan fingerprint density at radius 2 is 2.33 bits per heavy atom. The Morgan fingerprint density at radius 1 is 1.60 bits per heavy atom. The van der Waals surface area contributed by atoms with Crippen molar-refractivity contribution in [1.29, 1.82) is 0 Å². The molecular formula is C9H14N2O4. The van der Waals surface area contributed by atoms with E-state index in [0.717, 1.165) is 0 Å². The van der Waals surface area contributed by atoms with E-state index in [-0.39, 0.29) is 6.61 Å². The van der Waals surface area contributed by atoms with Crippen molar-refractivity contribution in [3.8, 4) is 0 Å². The van der Waals surface area contributed by atoms with Crippen LogP contribution in [0.1, 0.15) is 0 Å². The second-order valence-corrected chi connectivity index (χ2v) is 3.07. The van der Waals surface area contributed by atoms with E-state index in [0.29, 0.717) is 13.2 Å². The summed E-state index contributed by atoms with van der Waals surface area (Å²) in [5.74, 6) is -0.936. The standard InChI is InChI=1S/C9H14N2O4/c1-14-8(12)2-3-11-4-5-15-6-7(11)9(10)13/h2-3,7H,4-6H2,1H3,(H2,10,13)/b3-2+. The lowest BCUT2D eigenvalue weighted by Gasteiger charge is -2.32. The molecule has 0 aliphatic carbocycles. The first-order chi connectivity index (χ1) is 7.15. The van der Waals surface area contributed by atoms with Crippen molar-refractivity contribution in [2.24, 2.45) is 5.73 Å². The number of morpholine rings is 1. The molecule has 0 aromatic heterocycles. The van der Waals surface area contributed by atoms with Gasteiger partial charge in [-0.3, -0.25) is 4.79 Å². The first-order valence-corrected chi connectivity index (χ1v) is 4.54. The number of primary amides is 1. The zero-order valence-corrected chi connectivity index (χ0v) is 8.51. The van der Waals surface area contributed by atoms with Crippen LogP contribution in [0.5, 0.6) is 0 Å². The van der Waals surface area contributed by atoms with Crippen molar-refractivity contribution in [2.75, 3.05) is 26.9 Å². The third-order valence-electron chi connectivity index (χ3n) is 2.10. The van der Waals surface area contributed by atoms with E-state index in [4.69, 9.17) is 10.5 Å². The highest BCUT2D eigenvalue weighted by Gasteiger charge is 2.25. The van der Waals surface area contributed by atoms with Gasteiger partial charge in [-0.25, -0.2) is 4.79 Å². The van der Waals surface area contributed by atoms with Gasteiger partial charge in [-0.15, -0.1) is 0 Å². The maximum atomic E-state index is 11.0. The van der Waals surface area contributed by atoms with Crippen molar-refractivity contribution in [3.63, 3.8) is 0 Å². The summed E-state index contributed by atoms with van der Waals surface area (Å²) in [4.78, 5) is 23.5. The Morgan fingerprint density at radius 3 is 2.93 bits per heavy atom. The summed E-state index contributed by atoms with van der Waals surface area (Å²) >= 11 is 0. The van der Waals surface area contributed by atoms with Gasteiger partial charge in [-0.1, -0.05) is 0 Å². The number of nitrogens with two attached hydrogens (primary N) is 1. The van der Waals surface area contributed by atoms with Gasteiger partial charge in [0.05, 0.1) is 20.3 Å². The summed E-state index contributed by atoms with van der Waals surface area (Å²) in [7, 11) is 1.29. The number of hydrogen-bond acceptors (Lipinski definition) is 5. The van der Waals surface area contributed by atoms with Crippen LogP contribution < -0.4 is 5.73 Å². The number of nitrogens with zero attached hydrogens (tertiary/aromatic N) is 1. The first-order valence-electron chi connectivity index (χ1n) is 4.54. The molecule has 1 heterocycles. The normalized spacial score (nSPS) is 21.7. The summed E-state index contributed by atoms with van der Waals surface area (Å²) in [6.45, 7) is 1.29. The molecule has 0 aromatic rings. The Labute approximate surface area is 87.6 Å². The molecule has 0 saturated carbocycles. The molecule has 0 bridgehead atoms. The number of esters is 1. The van der Waals surface area contributed by atoms with Crippen molar-refractivity contribution in [2.45, 2.75) is 6.04 Å². The molecule has 0 radical (unpaired) electrons. The Hall–Kier alpha value is -1.56. The topological polar surface area (TPSA) is 81.9 Å². The minimum Gasteiger partial charge on any atom is -0.466 e. The number of hydrogen-bond donors (Lipinski definition) is 1. The second kappa shape index (κ2) is 5.35. The van der Waals surface area contributed by atoms with Gasteiger partial charge >= 0.3 is 5.97 Å². The molecule has 1 amide bonds. The van der Waals surface area contributed by atoms with Gasteiger partial charge in [0.15, 0.2) is 0 Å². The first kappa shape index (κ1) is 11.5. The van der Waals surface area contributed by atoms with Crippen LogP contribution in [0.25, 0.3) is 0 Å². The van der Waals surface area contributed by atoms with Gasteiger partial charge in [0, 0.05) is 18.8 Å². The quantitative estimate of drug-likeness (QED) is 0.474. The summed E-state index contributed by atoms with van der Waals surface area (Å²) in [6, 6.07) is -0.514. The van der Waals surface area contributed by atoms with Gasteiger partial charge in [0.2, 0.25) is 5.91 Å². The van der Waals surface area contributed by atoms with Gasteiger partial charge in [-0.2, -0.15) is 0 Å². The molecule has 1 unspecified atom stereocenters. The van der Waals surface area contributed by atoms with Crippen molar-refractivity contribution in [3.05, 3.63) is 12.3 Å². The van der Waals surface area contributed by atoms with Crippen LogP contribution in [0, 0.1) is 0 Å². The summed E-state index contributed by atoms with van der Waals surface area (Å²) in [5.41, 5.74) is 5.19. The maximum absolute atomic E-state index is 11.0. The highest BCUT2D eigenvalue weighted by atomic mass is 16.5. The van der Waals surface area contributed by atoms with E-state index in [9.17, 15) is 9.59 Å². The average Bonchev–Trinajstić information content (AvgIpc) is 2.26. The summed E-state index contributed by atoms with van der Waals surface area (Å²) in [5, 5.41) is 0. The second-order valence-electron chi connectivity index (χ2n) is 3.07. The average molecular weight is 214 g/mol. The van der Waals surface area contributed by atoms with Crippen LogP contribution in [0.4, 0.5) is 0 Å². The Kier molecular flexibility index (Phi) is 4.11. The number of carbonyl (C=O) groups is 2. The fraction of sp³-hybridized carbons (Fsp3) is 0.556. The molecule has 6 heteroatoms. The molecule has 1 aliphatic heterocycles. The monoisotopic (exact) mass is 214 g/mol. The molecule has 1 aliphatic rings. The molecule has 1 fully saturated rings. The lowest BCUT2D eigenvalue weighted by molar-refractivity contribution is -0.135. The molecule has 84 valence electrons. The molecule has 6 nitrogen and oxygen atoms in total. The van der Waals surface area contributed by atoms with E-state index in [1.165, 1.54) is 19.4 Å². The number of amides is 1. The minimum absolute atomic E-state index is 0.251. The van der Waals surface area contributed by atoms with Crippen LogP contribution in [-0.4, -0.2) is 49.7 Å².